The Hall–Kier alpha value is -2.47. The van der Waals surface area contributed by atoms with Gasteiger partial charge in [-0.2, -0.15) is 0 Å². The monoisotopic (exact) mass is 326 g/mol. The van der Waals surface area contributed by atoms with Crippen LogP contribution in [0.1, 0.15) is 19.8 Å². The lowest BCUT2D eigenvalue weighted by Crippen LogP contribution is -2.36. The molecule has 0 amide bonds. The second kappa shape index (κ2) is 7.40. The number of hydrogen-bond acceptors (Lipinski definition) is 5. The van der Waals surface area contributed by atoms with Gasteiger partial charge in [0.15, 0.2) is 17.4 Å². The average Bonchev–Trinajstić information content (AvgIpc) is 3.15. The van der Waals surface area contributed by atoms with E-state index in [-0.39, 0.29) is 23.6 Å². The van der Waals surface area contributed by atoms with Crippen LogP contribution >= 0.6 is 0 Å². The van der Waals surface area contributed by atoms with Gasteiger partial charge in [0.25, 0.3) is 0 Å². The Balaban J connectivity index is 1.74. The summed E-state index contributed by atoms with van der Waals surface area (Å²) in [6, 6.07) is 9.09. The van der Waals surface area contributed by atoms with Crippen molar-refractivity contribution in [3.8, 4) is 5.75 Å². The molecule has 0 bridgehead atoms. The van der Waals surface area contributed by atoms with Gasteiger partial charge < -0.3 is 15.9 Å². The normalized spacial score (nSPS) is 24.3. The number of Topliss-reactive ketones (excluding diaryl/α,β-unsaturated/α-hetero) is 1. The Labute approximate surface area is 141 Å². The van der Waals surface area contributed by atoms with E-state index in [4.69, 9.17) is 10.6 Å². The summed E-state index contributed by atoms with van der Waals surface area (Å²) in [5.41, 5.74) is 7.25. The minimum absolute atomic E-state index is 0.0863. The molecule has 2 aliphatic rings. The third-order valence-corrected chi connectivity index (χ3v) is 4.27. The van der Waals surface area contributed by atoms with Crippen molar-refractivity contribution in [2.75, 3.05) is 13.1 Å². The average molecular weight is 326 g/mol. The molecule has 2 aliphatic heterocycles. The molecule has 3 rings (SSSR count). The number of hydrogen-bond donors (Lipinski definition) is 2. The summed E-state index contributed by atoms with van der Waals surface area (Å²) >= 11 is 0. The van der Waals surface area contributed by atoms with Crippen LogP contribution in [0.2, 0.25) is 0 Å². The zero-order valence-corrected chi connectivity index (χ0v) is 13.7. The number of aliphatic imine (C=N–C) groups is 1. The van der Waals surface area contributed by atoms with Crippen LogP contribution in [-0.4, -0.2) is 36.5 Å². The fourth-order valence-corrected chi connectivity index (χ4v) is 2.88. The molecule has 1 fully saturated rings. The molecule has 6 nitrogen and oxygen atoms in total. The largest absolute Gasteiger partial charge is 0.379 e. The van der Waals surface area contributed by atoms with Gasteiger partial charge >= 0.3 is 0 Å². The van der Waals surface area contributed by atoms with Crippen molar-refractivity contribution in [3.05, 3.63) is 42.0 Å². The highest BCUT2D eigenvalue weighted by Gasteiger charge is 2.29. The summed E-state index contributed by atoms with van der Waals surface area (Å²) in [4.78, 5) is 22.4. The first kappa shape index (κ1) is 16.4. The van der Waals surface area contributed by atoms with Crippen molar-refractivity contribution in [3.63, 3.8) is 0 Å². The molecule has 0 aromatic heterocycles. The summed E-state index contributed by atoms with van der Waals surface area (Å²) in [5.74, 6) is 1.01. The molecule has 0 radical (unpaired) electrons. The molecule has 126 valence electrons. The van der Waals surface area contributed by atoms with Crippen molar-refractivity contribution in [1.29, 1.82) is 0 Å². The minimum Gasteiger partial charge on any atom is -0.379 e. The van der Waals surface area contributed by atoms with Gasteiger partial charge in [-0.15, -0.1) is 0 Å². The van der Waals surface area contributed by atoms with Gasteiger partial charge in [-0.25, -0.2) is 0 Å². The van der Waals surface area contributed by atoms with Crippen LogP contribution < -0.4 is 15.9 Å². The number of para-hydroxylation sites is 1. The number of amidine groups is 1. The number of nitrogens with one attached hydrogen (secondary N) is 1. The van der Waals surface area contributed by atoms with Gasteiger partial charge in [0, 0.05) is 18.0 Å². The molecule has 2 atom stereocenters. The molecule has 1 unspecified atom stereocenters. The van der Waals surface area contributed by atoms with Crippen molar-refractivity contribution in [2.45, 2.75) is 25.8 Å². The maximum Gasteiger partial charge on any atom is 0.189 e. The molecule has 24 heavy (non-hydrogen) atoms. The van der Waals surface area contributed by atoms with E-state index in [9.17, 15) is 4.79 Å². The minimum atomic E-state index is -0.0863. The topological polar surface area (TPSA) is 89.1 Å². The second-order valence-electron chi connectivity index (χ2n) is 6.12. The molecule has 0 saturated carbocycles. The van der Waals surface area contributed by atoms with Gasteiger partial charge in [0.1, 0.15) is 5.71 Å². The lowest BCUT2D eigenvalue weighted by molar-refractivity contribution is -0.117. The highest BCUT2D eigenvalue weighted by molar-refractivity contribution is 6.46. The van der Waals surface area contributed by atoms with E-state index in [2.05, 4.69) is 15.5 Å². The summed E-state index contributed by atoms with van der Waals surface area (Å²) < 4.78 is 0. The Bertz CT molecular complexity index is 688. The van der Waals surface area contributed by atoms with Crippen LogP contribution in [0.4, 0.5) is 0 Å². The number of oxime groups is 1. The molecule has 1 aromatic rings. The van der Waals surface area contributed by atoms with Gasteiger partial charge in [0.05, 0.1) is 6.04 Å². The summed E-state index contributed by atoms with van der Waals surface area (Å²) in [7, 11) is 0. The van der Waals surface area contributed by atoms with Gasteiger partial charge in [-0.1, -0.05) is 30.3 Å². The third-order valence-electron chi connectivity index (χ3n) is 4.27. The molecule has 0 aliphatic carbocycles. The van der Waals surface area contributed by atoms with Gasteiger partial charge in [-0.3, -0.25) is 9.79 Å². The van der Waals surface area contributed by atoms with Crippen LogP contribution in [0.25, 0.3) is 0 Å². The number of carbonyl (C=O) groups excluding carboxylic acids is 1. The van der Waals surface area contributed by atoms with Crippen molar-refractivity contribution in [2.24, 2.45) is 21.8 Å². The Morgan fingerprint density at radius 2 is 2.17 bits per heavy atom. The molecule has 1 saturated heterocycles. The smallest absolute Gasteiger partial charge is 0.189 e. The molecular weight excluding hydrogens is 304 g/mol. The standard InChI is InChI=1S/C18H22N4O2/c1-12-11-21-16(10-14(12)17(23)15-8-5-9-20-15)18(19)22-24-13-6-3-2-4-7-13/h2-4,6-7,10,12,15,20H,5,8-9,11H2,1H3,(H2,19,22)/t12?,15-/m0/s1. The number of ketones is 1. The van der Waals surface area contributed by atoms with E-state index in [1.165, 1.54) is 0 Å². The fraction of sp³-hybridized carbons (Fsp3) is 0.389. The number of nitrogens with zero attached hydrogens (tertiary/aromatic N) is 2. The summed E-state index contributed by atoms with van der Waals surface area (Å²) in [6.45, 7) is 3.43. The van der Waals surface area contributed by atoms with Crippen LogP contribution in [-0.2, 0) is 4.79 Å². The lowest BCUT2D eigenvalue weighted by atomic mass is 9.89. The van der Waals surface area contributed by atoms with Crippen LogP contribution in [0.15, 0.2) is 52.1 Å². The number of dihydropyridines is 1. The van der Waals surface area contributed by atoms with Crippen molar-refractivity contribution in [1.82, 2.24) is 5.32 Å². The van der Waals surface area contributed by atoms with Gasteiger partial charge in [-0.05, 0) is 37.6 Å². The molecule has 3 N–H and O–H groups in total. The van der Waals surface area contributed by atoms with Crippen LogP contribution in [0, 0.1) is 5.92 Å². The Morgan fingerprint density at radius 3 is 2.88 bits per heavy atom. The lowest BCUT2D eigenvalue weighted by Gasteiger charge is -2.21. The summed E-state index contributed by atoms with van der Waals surface area (Å²) in [6.07, 6.45) is 3.67. The van der Waals surface area contributed by atoms with E-state index >= 15 is 0 Å². The molecule has 1 aromatic carbocycles. The Kier molecular flexibility index (Phi) is 5.05. The molecule has 0 spiro atoms. The highest BCUT2D eigenvalue weighted by Crippen LogP contribution is 2.21. The first-order chi connectivity index (χ1) is 11.6. The van der Waals surface area contributed by atoms with E-state index in [1.54, 1.807) is 18.2 Å². The number of nitrogens with two attached hydrogens (primary N) is 1. The van der Waals surface area contributed by atoms with E-state index in [1.807, 2.05) is 25.1 Å². The molecule has 6 heteroatoms. The van der Waals surface area contributed by atoms with Crippen molar-refractivity contribution < 1.29 is 9.63 Å². The van der Waals surface area contributed by atoms with Crippen LogP contribution in [0.3, 0.4) is 0 Å². The van der Waals surface area contributed by atoms with E-state index in [0.29, 0.717) is 18.0 Å². The second-order valence-corrected chi connectivity index (χ2v) is 6.12. The predicted octanol–water partition coefficient (Wildman–Crippen LogP) is 1.68. The molecular formula is C18H22N4O2. The fourth-order valence-electron chi connectivity index (χ4n) is 2.88. The Morgan fingerprint density at radius 1 is 1.38 bits per heavy atom. The van der Waals surface area contributed by atoms with E-state index < -0.39 is 0 Å². The van der Waals surface area contributed by atoms with Crippen LogP contribution in [0.5, 0.6) is 5.75 Å². The number of rotatable bonds is 5. The maximum atomic E-state index is 12.7. The zero-order valence-electron chi connectivity index (χ0n) is 13.7. The van der Waals surface area contributed by atoms with E-state index in [0.717, 1.165) is 25.0 Å². The predicted molar refractivity (Wildman–Crippen MR) is 94.3 cm³/mol. The first-order valence-corrected chi connectivity index (χ1v) is 8.24. The quantitative estimate of drug-likeness (QED) is 0.489. The zero-order chi connectivity index (χ0) is 16.9. The van der Waals surface area contributed by atoms with Crippen molar-refractivity contribution >= 4 is 17.3 Å². The SMILES string of the molecule is CC1CN=C(C(N)=NOc2ccccc2)C=C1C(=O)[C@@H]1CCCN1. The highest BCUT2D eigenvalue weighted by atomic mass is 16.6. The van der Waals surface area contributed by atoms with Gasteiger partial charge in [0.2, 0.25) is 0 Å². The number of carbonyl (C=O) groups is 1. The third kappa shape index (κ3) is 3.71. The summed E-state index contributed by atoms with van der Waals surface area (Å²) in [5, 5.41) is 7.18. The number of benzene rings is 1. The maximum absolute atomic E-state index is 12.7. The first-order valence-electron chi connectivity index (χ1n) is 8.24. The molecule has 2 heterocycles.